The Morgan fingerprint density at radius 2 is 1.90 bits per heavy atom. The van der Waals surface area contributed by atoms with Crippen molar-refractivity contribution in [2.45, 2.75) is 6.92 Å². The van der Waals surface area contributed by atoms with Crippen LogP contribution in [0.1, 0.15) is 17.3 Å². The van der Waals surface area contributed by atoms with Crippen molar-refractivity contribution in [1.29, 1.82) is 0 Å². The maximum atomic E-state index is 12.3. The van der Waals surface area contributed by atoms with E-state index in [0.717, 1.165) is 23.6 Å². The van der Waals surface area contributed by atoms with Crippen molar-refractivity contribution in [2.75, 3.05) is 36.2 Å². The average molecular weight is 284 g/mol. The van der Waals surface area contributed by atoms with Gasteiger partial charge in [0.25, 0.3) is 5.91 Å². The van der Waals surface area contributed by atoms with Crippen molar-refractivity contribution in [3.05, 3.63) is 48.3 Å². The molecule has 1 aromatic heterocycles. The highest BCUT2D eigenvalue weighted by Crippen LogP contribution is 2.18. The molecule has 2 rings (SSSR count). The zero-order chi connectivity index (χ0) is 15.2. The van der Waals surface area contributed by atoms with Crippen molar-refractivity contribution in [3.63, 3.8) is 0 Å². The number of anilines is 3. The summed E-state index contributed by atoms with van der Waals surface area (Å²) in [5, 5.41) is 6.03. The summed E-state index contributed by atoms with van der Waals surface area (Å²) in [6.45, 7) is 2.72. The van der Waals surface area contributed by atoms with Gasteiger partial charge in [0, 0.05) is 38.2 Å². The smallest absolute Gasteiger partial charge is 0.257 e. The molecule has 5 heteroatoms. The molecule has 0 spiro atoms. The normalized spacial score (nSPS) is 10.0. The van der Waals surface area contributed by atoms with E-state index in [1.54, 1.807) is 18.5 Å². The number of benzene rings is 1. The van der Waals surface area contributed by atoms with Gasteiger partial charge in [0.2, 0.25) is 0 Å². The van der Waals surface area contributed by atoms with E-state index in [2.05, 4.69) is 15.6 Å². The molecular formula is C16H20N4O. The molecule has 0 bridgehead atoms. The van der Waals surface area contributed by atoms with Gasteiger partial charge in [-0.05, 0) is 37.3 Å². The van der Waals surface area contributed by atoms with Gasteiger partial charge in [0.1, 0.15) is 0 Å². The van der Waals surface area contributed by atoms with Crippen LogP contribution in [0.5, 0.6) is 0 Å². The minimum atomic E-state index is -0.147. The second-order valence-corrected chi connectivity index (χ2v) is 4.85. The highest BCUT2D eigenvalue weighted by atomic mass is 16.1. The summed E-state index contributed by atoms with van der Waals surface area (Å²) in [6.07, 6.45) is 3.28. The van der Waals surface area contributed by atoms with Crippen LogP contribution in [0.25, 0.3) is 0 Å². The van der Waals surface area contributed by atoms with Crippen LogP contribution in [0, 0.1) is 0 Å². The van der Waals surface area contributed by atoms with Crippen molar-refractivity contribution in [2.24, 2.45) is 0 Å². The first-order chi connectivity index (χ1) is 10.1. The van der Waals surface area contributed by atoms with Crippen molar-refractivity contribution in [1.82, 2.24) is 4.98 Å². The molecule has 0 unspecified atom stereocenters. The van der Waals surface area contributed by atoms with Crippen LogP contribution in [-0.2, 0) is 0 Å². The quantitative estimate of drug-likeness (QED) is 0.886. The van der Waals surface area contributed by atoms with E-state index in [1.165, 1.54) is 0 Å². The van der Waals surface area contributed by atoms with E-state index >= 15 is 0 Å². The van der Waals surface area contributed by atoms with Crippen LogP contribution in [-0.4, -0.2) is 31.5 Å². The van der Waals surface area contributed by atoms with E-state index in [1.807, 2.05) is 50.2 Å². The number of carbonyl (C=O) groups excluding carboxylic acids is 1. The van der Waals surface area contributed by atoms with Crippen LogP contribution in [0.15, 0.2) is 42.7 Å². The van der Waals surface area contributed by atoms with E-state index in [9.17, 15) is 4.79 Å². The van der Waals surface area contributed by atoms with E-state index < -0.39 is 0 Å². The van der Waals surface area contributed by atoms with Gasteiger partial charge in [-0.3, -0.25) is 9.78 Å². The first-order valence-electron chi connectivity index (χ1n) is 6.88. The lowest BCUT2D eigenvalue weighted by Crippen LogP contribution is -2.15. The number of hydrogen-bond acceptors (Lipinski definition) is 4. The molecular weight excluding hydrogens is 264 g/mol. The Hall–Kier alpha value is -2.56. The van der Waals surface area contributed by atoms with Crippen LogP contribution in [0.3, 0.4) is 0 Å². The molecule has 110 valence electrons. The molecule has 0 fully saturated rings. The van der Waals surface area contributed by atoms with Crippen LogP contribution in [0.4, 0.5) is 17.1 Å². The maximum Gasteiger partial charge on any atom is 0.257 e. The Labute approximate surface area is 125 Å². The number of carbonyl (C=O) groups is 1. The molecule has 1 amide bonds. The van der Waals surface area contributed by atoms with Gasteiger partial charge in [-0.2, -0.15) is 0 Å². The number of rotatable bonds is 5. The Kier molecular flexibility index (Phi) is 4.77. The molecule has 0 saturated carbocycles. The summed E-state index contributed by atoms with van der Waals surface area (Å²) < 4.78 is 0. The highest BCUT2D eigenvalue weighted by Gasteiger charge is 2.11. The second-order valence-electron chi connectivity index (χ2n) is 4.85. The molecule has 0 radical (unpaired) electrons. The second kappa shape index (κ2) is 6.74. The lowest BCUT2D eigenvalue weighted by atomic mass is 10.2. The number of nitrogens with zero attached hydrogens (tertiary/aromatic N) is 2. The van der Waals surface area contributed by atoms with E-state index in [0.29, 0.717) is 5.56 Å². The summed E-state index contributed by atoms with van der Waals surface area (Å²) in [4.78, 5) is 18.4. The number of hydrogen-bond donors (Lipinski definition) is 2. The highest BCUT2D eigenvalue weighted by molar-refractivity contribution is 6.07. The Morgan fingerprint density at radius 1 is 1.19 bits per heavy atom. The summed E-state index contributed by atoms with van der Waals surface area (Å²) >= 11 is 0. The molecule has 0 aliphatic rings. The van der Waals surface area contributed by atoms with Gasteiger partial charge in [0.05, 0.1) is 17.4 Å². The first-order valence-corrected chi connectivity index (χ1v) is 6.88. The molecule has 5 nitrogen and oxygen atoms in total. The topological polar surface area (TPSA) is 57.3 Å². The lowest BCUT2D eigenvalue weighted by Gasteiger charge is -2.14. The van der Waals surface area contributed by atoms with Gasteiger partial charge in [0.15, 0.2) is 0 Å². The number of amides is 1. The zero-order valence-electron chi connectivity index (χ0n) is 12.6. The minimum absolute atomic E-state index is 0.147. The number of nitrogens with one attached hydrogen (secondary N) is 2. The van der Waals surface area contributed by atoms with Crippen LogP contribution in [0.2, 0.25) is 0 Å². The zero-order valence-corrected chi connectivity index (χ0v) is 12.6. The first kappa shape index (κ1) is 14.8. The predicted molar refractivity (Wildman–Crippen MR) is 87.1 cm³/mol. The minimum Gasteiger partial charge on any atom is -0.383 e. The fraction of sp³-hybridized carbons (Fsp3) is 0.250. The number of aromatic nitrogens is 1. The number of pyridine rings is 1. The molecule has 0 aliphatic heterocycles. The third-order valence-corrected chi connectivity index (χ3v) is 3.07. The predicted octanol–water partition coefficient (Wildman–Crippen LogP) is 2.83. The SMILES string of the molecule is CCNc1cnccc1C(=O)Nc1ccc(N(C)C)cc1. The largest absolute Gasteiger partial charge is 0.383 e. The fourth-order valence-corrected chi connectivity index (χ4v) is 1.97. The van der Waals surface area contributed by atoms with Crippen molar-refractivity contribution >= 4 is 23.0 Å². The van der Waals surface area contributed by atoms with Crippen LogP contribution >= 0.6 is 0 Å². The van der Waals surface area contributed by atoms with Gasteiger partial charge >= 0.3 is 0 Å². The fourth-order valence-electron chi connectivity index (χ4n) is 1.97. The molecule has 1 heterocycles. The third kappa shape index (κ3) is 3.72. The third-order valence-electron chi connectivity index (χ3n) is 3.07. The summed E-state index contributed by atoms with van der Waals surface area (Å²) in [6, 6.07) is 9.42. The average Bonchev–Trinajstić information content (AvgIpc) is 2.48. The Morgan fingerprint density at radius 3 is 2.52 bits per heavy atom. The Bertz CT molecular complexity index is 608. The summed E-state index contributed by atoms with van der Waals surface area (Å²) in [5.74, 6) is -0.147. The van der Waals surface area contributed by atoms with Crippen molar-refractivity contribution in [3.8, 4) is 0 Å². The van der Waals surface area contributed by atoms with Crippen LogP contribution < -0.4 is 15.5 Å². The molecule has 0 atom stereocenters. The van der Waals surface area contributed by atoms with Gasteiger partial charge < -0.3 is 15.5 Å². The molecule has 0 aliphatic carbocycles. The molecule has 1 aromatic carbocycles. The molecule has 21 heavy (non-hydrogen) atoms. The summed E-state index contributed by atoms with van der Waals surface area (Å²) in [5.41, 5.74) is 3.18. The molecule has 0 saturated heterocycles. The van der Waals surface area contributed by atoms with Gasteiger partial charge in [-0.15, -0.1) is 0 Å². The molecule has 2 aromatic rings. The van der Waals surface area contributed by atoms with Crippen molar-refractivity contribution < 1.29 is 4.79 Å². The standard InChI is InChI=1S/C16H20N4O/c1-4-18-15-11-17-10-9-14(15)16(21)19-12-5-7-13(8-6-12)20(2)3/h5-11,18H,4H2,1-3H3,(H,19,21). The summed E-state index contributed by atoms with van der Waals surface area (Å²) in [7, 11) is 3.96. The van der Waals surface area contributed by atoms with Gasteiger partial charge in [-0.25, -0.2) is 0 Å². The monoisotopic (exact) mass is 284 g/mol. The lowest BCUT2D eigenvalue weighted by molar-refractivity contribution is 0.102. The Balaban J connectivity index is 2.14. The van der Waals surface area contributed by atoms with Gasteiger partial charge in [-0.1, -0.05) is 0 Å². The van der Waals surface area contributed by atoms with E-state index in [4.69, 9.17) is 0 Å². The van der Waals surface area contributed by atoms with E-state index in [-0.39, 0.29) is 5.91 Å². The molecule has 2 N–H and O–H groups in total. The maximum absolute atomic E-state index is 12.3.